The van der Waals surface area contributed by atoms with Gasteiger partial charge in [-0.25, -0.2) is 0 Å². The molecule has 1 aromatic rings. The molecule has 0 aliphatic carbocycles. The maximum absolute atomic E-state index is 2.36. The summed E-state index contributed by atoms with van der Waals surface area (Å²) in [5.74, 6) is 0. The quantitative estimate of drug-likeness (QED) is 0.177. The molecule has 0 spiro atoms. The molecule has 0 aliphatic heterocycles. The number of para-hydroxylation sites is 1. The molecule has 0 atom stereocenters. The van der Waals surface area contributed by atoms with Gasteiger partial charge in [0.2, 0.25) is 0 Å². The Morgan fingerprint density at radius 1 is 0.586 bits per heavy atom. The number of hydrogen-bond acceptors (Lipinski definition) is 1. The fourth-order valence-corrected chi connectivity index (χ4v) is 4.71. The summed E-state index contributed by atoms with van der Waals surface area (Å²) in [5, 5.41) is 0. The first-order valence-electron chi connectivity index (χ1n) is 12.6. The fraction of sp³-hybridized carbons (Fsp3) is 0.778. The molecule has 0 bridgehead atoms. The molecule has 1 N–H and O–H groups in total. The van der Waals surface area contributed by atoms with Crippen molar-refractivity contribution in [1.29, 1.82) is 0 Å². The van der Waals surface area contributed by atoms with E-state index in [2.05, 4.69) is 52.0 Å². The van der Waals surface area contributed by atoms with Crippen molar-refractivity contribution in [3.63, 3.8) is 0 Å². The van der Waals surface area contributed by atoms with Crippen LogP contribution in [0.4, 0.5) is 5.69 Å². The van der Waals surface area contributed by atoms with Crippen molar-refractivity contribution >= 4 is 5.69 Å². The highest BCUT2D eigenvalue weighted by Gasteiger charge is 2.27. The summed E-state index contributed by atoms with van der Waals surface area (Å²) in [6.07, 6.45) is 20.1. The minimum atomic E-state index is 0. The highest BCUT2D eigenvalue weighted by Crippen LogP contribution is 2.28. The van der Waals surface area contributed by atoms with Gasteiger partial charge in [-0.3, -0.25) is 4.48 Å². The number of rotatable bonds is 18. The molecule has 1 aromatic carbocycles. The summed E-state index contributed by atoms with van der Waals surface area (Å²) >= 11 is 0. The highest BCUT2D eigenvalue weighted by atomic mass is 16.0. The van der Waals surface area contributed by atoms with E-state index < -0.39 is 0 Å². The number of quaternary nitrogens is 1. The topological polar surface area (TPSA) is 30.0 Å². The second kappa shape index (κ2) is 18.0. The lowest BCUT2D eigenvalue weighted by atomic mass is 10.0. The van der Waals surface area contributed by atoms with E-state index in [9.17, 15) is 0 Å². The van der Waals surface area contributed by atoms with Crippen LogP contribution in [-0.2, 0) is 0 Å². The Bertz CT molecular complexity index is 481. The molecule has 0 saturated heterocycles. The van der Waals surface area contributed by atoms with Crippen LogP contribution in [0.15, 0.2) is 24.3 Å². The average Bonchev–Trinajstić information content (AvgIpc) is 2.72. The summed E-state index contributed by atoms with van der Waals surface area (Å²) in [5.41, 5.74) is 3.00. The molecule has 0 amide bonds. The van der Waals surface area contributed by atoms with Gasteiger partial charge in [0.05, 0.1) is 19.6 Å². The Kier molecular flexibility index (Phi) is 17.4. The second-order valence-electron chi connectivity index (χ2n) is 8.88. The number of unbranched alkanes of at least 4 members (excludes halogenated alkanes) is 13. The van der Waals surface area contributed by atoms with E-state index in [1.807, 2.05) is 0 Å². The molecular weight excluding hydrogens is 354 g/mol. The molecule has 0 radical (unpaired) electrons. The lowest BCUT2D eigenvalue weighted by Gasteiger charge is -2.37. The third-order valence-electron chi connectivity index (χ3n) is 6.78. The first-order chi connectivity index (χ1) is 13.7. The van der Waals surface area contributed by atoms with E-state index in [1.165, 1.54) is 115 Å². The molecule has 170 valence electrons. The molecule has 2 heteroatoms. The summed E-state index contributed by atoms with van der Waals surface area (Å²) in [6.45, 7) is 13.0. The van der Waals surface area contributed by atoms with E-state index >= 15 is 0 Å². The SMILES string of the molecule is CCCCCCCCCCCCCCCC[N+](CC)(CC)c1ccccc1C.[OH-]. The number of aryl methyl sites for hydroxylation is 1. The molecule has 1 rings (SSSR count). The van der Waals surface area contributed by atoms with Crippen molar-refractivity contribution in [2.75, 3.05) is 19.6 Å². The standard InChI is InChI=1S/C27H50N.H2O/c1-5-8-9-10-11-12-13-14-15-16-17-18-19-22-25-28(6-2,7-3)27-24-21-20-23-26(27)4;/h20-21,23-24H,5-19,22,25H2,1-4H3;1H2/q+1;/p-1. The van der Waals surface area contributed by atoms with Gasteiger partial charge in [-0.05, 0) is 39.7 Å². The van der Waals surface area contributed by atoms with Gasteiger partial charge < -0.3 is 5.48 Å². The number of hydrogen-bond donors (Lipinski definition) is 0. The van der Waals surface area contributed by atoms with Crippen LogP contribution < -0.4 is 4.48 Å². The smallest absolute Gasteiger partial charge is 0.135 e. The Balaban J connectivity index is 0.00000784. The molecule has 29 heavy (non-hydrogen) atoms. The van der Waals surface area contributed by atoms with Gasteiger partial charge in [0.15, 0.2) is 0 Å². The van der Waals surface area contributed by atoms with Crippen molar-refractivity contribution in [2.45, 2.75) is 118 Å². The Labute approximate surface area is 183 Å². The maximum atomic E-state index is 2.36. The molecule has 0 heterocycles. The first kappa shape index (κ1) is 28.1. The van der Waals surface area contributed by atoms with E-state index in [0.29, 0.717) is 0 Å². The van der Waals surface area contributed by atoms with Crippen molar-refractivity contribution in [2.24, 2.45) is 0 Å². The number of benzene rings is 1. The number of nitrogens with zero attached hydrogens (tertiary/aromatic N) is 1. The van der Waals surface area contributed by atoms with Crippen LogP contribution in [0.25, 0.3) is 0 Å². The first-order valence-corrected chi connectivity index (χ1v) is 12.6. The summed E-state index contributed by atoms with van der Waals surface area (Å²) < 4.78 is 1.16. The molecular formula is C27H51NO. The van der Waals surface area contributed by atoms with E-state index in [0.717, 1.165) is 4.48 Å². The van der Waals surface area contributed by atoms with Gasteiger partial charge in [-0.15, -0.1) is 0 Å². The van der Waals surface area contributed by atoms with E-state index in [1.54, 1.807) is 5.69 Å². The zero-order valence-corrected chi connectivity index (χ0v) is 20.2. The predicted octanol–water partition coefficient (Wildman–Crippen LogP) is 8.65. The van der Waals surface area contributed by atoms with Gasteiger partial charge in [0.25, 0.3) is 0 Å². The third kappa shape index (κ3) is 11.2. The van der Waals surface area contributed by atoms with E-state index in [4.69, 9.17) is 0 Å². The highest BCUT2D eigenvalue weighted by molar-refractivity contribution is 5.49. The second-order valence-corrected chi connectivity index (χ2v) is 8.88. The minimum Gasteiger partial charge on any atom is -0.870 e. The van der Waals surface area contributed by atoms with Crippen molar-refractivity contribution in [1.82, 2.24) is 4.48 Å². The minimum absolute atomic E-state index is 0. The van der Waals surface area contributed by atoms with Crippen LogP contribution >= 0.6 is 0 Å². The van der Waals surface area contributed by atoms with Crippen LogP contribution in [0.1, 0.15) is 116 Å². The summed E-state index contributed by atoms with van der Waals surface area (Å²) in [4.78, 5) is 0. The van der Waals surface area contributed by atoms with E-state index in [-0.39, 0.29) is 5.48 Å². The lowest BCUT2D eigenvalue weighted by molar-refractivity contribution is 0.290. The fourth-order valence-electron chi connectivity index (χ4n) is 4.71. The van der Waals surface area contributed by atoms with Gasteiger partial charge in [-0.2, -0.15) is 0 Å². The zero-order valence-electron chi connectivity index (χ0n) is 20.2. The van der Waals surface area contributed by atoms with Crippen LogP contribution in [0.5, 0.6) is 0 Å². The molecule has 0 aromatic heterocycles. The Morgan fingerprint density at radius 2 is 1.00 bits per heavy atom. The largest absolute Gasteiger partial charge is 0.870 e. The molecule has 0 fully saturated rings. The normalized spacial score (nSPS) is 11.4. The van der Waals surface area contributed by atoms with Crippen molar-refractivity contribution in [3.8, 4) is 0 Å². The summed E-state index contributed by atoms with van der Waals surface area (Å²) in [7, 11) is 0. The third-order valence-corrected chi connectivity index (χ3v) is 6.78. The maximum Gasteiger partial charge on any atom is 0.135 e. The van der Waals surface area contributed by atoms with Crippen LogP contribution in [-0.4, -0.2) is 25.1 Å². The predicted molar refractivity (Wildman–Crippen MR) is 131 cm³/mol. The molecule has 0 aliphatic rings. The Morgan fingerprint density at radius 3 is 1.41 bits per heavy atom. The summed E-state index contributed by atoms with van der Waals surface area (Å²) in [6, 6.07) is 9.02. The monoisotopic (exact) mass is 405 g/mol. The van der Waals surface area contributed by atoms with Crippen LogP contribution in [0.2, 0.25) is 0 Å². The molecule has 2 nitrogen and oxygen atoms in total. The zero-order chi connectivity index (χ0) is 20.5. The van der Waals surface area contributed by atoms with Gasteiger partial charge in [0.1, 0.15) is 5.69 Å². The van der Waals surface area contributed by atoms with Crippen molar-refractivity contribution < 1.29 is 5.48 Å². The average molecular weight is 406 g/mol. The van der Waals surface area contributed by atoms with Gasteiger partial charge >= 0.3 is 0 Å². The molecule has 0 saturated carbocycles. The van der Waals surface area contributed by atoms with Gasteiger partial charge in [0, 0.05) is 5.56 Å². The lowest BCUT2D eigenvalue weighted by Crippen LogP contribution is -2.50. The van der Waals surface area contributed by atoms with Gasteiger partial charge in [-0.1, -0.05) is 102 Å². The Hall–Kier alpha value is -0.860. The molecule has 0 unspecified atom stereocenters. The van der Waals surface area contributed by atoms with Crippen LogP contribution in [0, 0.1) is 6.92 Å². The van der Waals surface area contributed by atoms with Crippen LogP contribution in [0.3, 0.4) is 0 Å². The van der Waals surface area contributed by atoms with Crippen molar-refractivity contribution in [3.05, 3.63) is 29.8 Å².